The van der Waals surface area contributed by atoms with E-state index < -0.39 is 6.15 Å². The third-order valence-electron chi connectivity index (χ3n) is 2.09. The molecule has 0 aromatic heterocycles. The van der Waals surface area contributed by atoms with Gasteiger partial charge >= 0.3 is 51.4 Å². The van der Waals surface area contributed by atoms with Crippen LogP contribution in [-0.4, -0.2) is 6.15 Å². The number of hydrogen-bond acceptors (Lipinski definition) is 0. The Balaban J connectivity index is 0. The number of allylic oxidation sites excluding steroid dienone is 2. The molecule has 0 saturated heterocycles. The minimum Gasteiger partial charge on any atom is -0.216 e. The molecule has 0 aromatic rings. The molecule has 0 atom stereocenters. The van der Waals surface area contributed by atoms with E-state index in [1.807, 2.05) is 13.8 Å². The van der Waals surface area contributed by atoms with E-state index in [1.54, 1.807) is 0 Å². The van der Waals surface area contributed by atoms with Gasteiger partial charge in [0.1, 0.15) is 0 Å². The quantitative estimate of drug-likeness (QED) is 0.588. The summed E-state index contributed by atoms with van der Waals surface area (Å²) in [6.45, 7) is 10.3. The van der Waals surface area contributed by atoms with Crippen LogP contribution in [0.4, 0.5) is 4.39 Å². The predicted octanol–water partition coefficient (Wildman–Crippen LogP) is 0.911. The normalized spacial score (nSPS) is 13.5. The molecule has 66 valence electrons. The zero-order valence-electron chi connectivity index (χ0n) is 9.37. The molecule has 0 rings (SSSR count). The first-order valence-electron chi connectivity index (χ1n) is 4.58. The largest absolute Gasteiger partial charge is 1.00 e. The predicted molar refractivity (Wildman–Crippen MR) is 52.1 cm³/mol. The molecule has 0 aliphatic rings. The molecule has 3 heteroatoms. The van der Waals surface area contributed by atoms with Crippen molar-refractivity contribution in [3.05, 3.63) is 11.3 Å². The number of halogens is 1. The Morgan fingerprint density at radius 3 is 1.58 bits per heavy atom. The molecule has 0 saturated carbocycles. The second-order valence-electron chi connectivity index (χ2n) is 4.24. The minimum absolute atomic E-state index is 0. The fourth-order valence-electron chi connectivity index (χ4n) is 1.50. The van der Waals surface area contributed by atoms with E-state index in [9.17, 15) is 4.39 Å². The maximum Gasteiger partial charge on any atom is 1.00 e. The smallest absolute Gasteiger partial charge is 0.216 e. The molecule has 0 bridgehead atoms. The summed E-state index contributed by atoms with van der Waals surface area (Å²) < 4.78 is 13.2. The van der Waals surface area contributed by atoms with Crippen LogP contribution in [0.3, 0.4) is 0 Å². The Bertz CT molecular complexity index is 158. The molecular formula is C9H19BFK. The van der Waals surface area contributed by atoms with Gasteiger partial charge in [-0.1, -0.05) is 20.3 Å². The minimum atomic E-state index is -0.618. The van der Waals surface area contributed by atoms with Crippen molar-refractivity contribution in [2.45, 2.75) is 47.2 Å². The molecule has 0 heterocycles. The Kier molecular flexibility index (Phi) is 8.93. The third kappa shape index (κ3) is 5.18. The van der Waals surface area contributed by atoms with Crippen LogP contribution in [0.5, 0.6) is 0 Å². The zero-order chi connectivity index (χ0) is 9.07. The van der Waals surface area contributed by atoms with Gasteiger partial charge in [-0.2, -0.15) is 20.5 Å². The first kappa shape index (κ1) is 15.8. The average Bonchev–Trinajstić information content (AvgIpc) is 1.86. The van der Waals surface area contributed by atoms with Gasteiger partial charge in [0.2, 0.25) is 0 Å². The molecule has 0 radical (unpaired) electrons. The molecule has 0 unspecified atom stereocenters. The summed E-state index contributed by atoms with van der Waals surface area (Å²) in [5, 5.41) is 0. The maximum absolute atomic E-state index is 13.2. The van der Waals surface area contributed by atoms with Crippen molar-refractivity contribution in [3.63, 3.8) is 0 Å². The van der Waals surface area contributed by atoms with Crippen LogP contribution in [0, 0.1) is 0 Å². The Morgan fingerprint density at radius 2 is 1.50 bits per heavy atom. The Hall–Kier alpha value is 1.37. The van der Waals surface area contributed by atoms with Crippen molar-refractivity contribution in [3.8, 4) is 0 Å². The maximum atomic E-state index is 13.2. The summed E-state index contributed by atoms with van der Waals surface area (Å²) in [5.41, 5.74) is 1.02. The van der Waals surface area contributed by atoms with Crippen molar-refractivity contribution in [1.29, 1.82) is 0 Å². The van der Waals surface area contributed by atoms with Crippen LogP contribution in [0.15, 0.2) is 11.3 Å². The van der Waals surface area contributed by atoms with E-state index in [-0.39, 0.29) is 57.2 Å². The van der Waals surface area contributed by atoms with Gasteiger partial charge in [0.05, 0.1) is 5.83 Å². The van der Waals surface area contributed by atoms with Gasteiger partial charge in [-0.25, -0.2) is 9.86 Å². The van der Waals surface area contributed by atoms with Crippen LogP contribution in [-0.2, 0) is 0 Å². The summed E-state index contributed by atoms with van der Waals surface area (Å²) in [4.78, 5) is 0. The van der Waals surface area contributed by atoms with Crippen molar-refractivity contribution < 1.29 is 55.8 Å². The van der Waals surface area contributed by atoms with Crippen molar-refractivity contribution in [2.24, 2.45) is 0 Å². The second-order valence-corrected chi connectivity index (χ2v) is 4.24. The van der Waals surface area contributed by atoms with Crippen LogP contribution in [0.1, 0.15) is 26.7 Å². The van der Waals surface area contributed by atoms with Gasteiger partial charge in [0, 0.05) is 6.15 Å². The van der Waals surface area contributed by atoms with E-state index in [4.69, 9.17) is 0 Å². The Labute approximate surface area is 119 Å². The summed E-state index contributed by atoms with van der Waals surface area (Å²) in [6.07, 6.45) is 0.777. The van der Waals surface area contributed by atoms with Crippen molar-refractivity contribution >= 4 is 6.15 Å². The molecule has 0 N–H and O–H groups in total. The van der Waals surface area contributed by atoms with Gasteiger partial charge in [-0.3, -0.25) is 0 Å². The first-order valence-corrected chi connectivity index (χ1v) is 4.58. The molecule has 0 aliphatic carbocycles. The monoisotopic (exact) mass is 196 g/mol. The molecular weight excluding hydrogens is 177 g/mol. The Morgan fingerprint density at radius 1 is 1.08 bits per heavy atom. The first-order chi connectivity index (χ1) is 4.93. The van der Waals surface area contributed by atoms with E-state index in [0.717, 1.165) is 11.9 Å². The summed E-state index contributed by atoms with van der Waals surface area (Å²) >= 11 is 0. The van der Waals surface area contributed by atoms with Crippen molar-refractivity contribution in [1.82, 2.24) is 0 Å². The van der Waals surface area contributed by atoms with Gasteiger partial charge in [0.15, 0.2) is 0 Å². The van der Waals surface area contributed by atoms with Gasteiger partial charge in [-0.05, 0) is 6.42 Å². The second kappa shape index (κ2) is 6.77. The van der Waals surface area contributed by atoms with Crippen LogP contribution in [0.25, 0.3) is 0 Å². The summed E-state index contributed by atoms with van der Waals surface area (Å²) in [7, 11) is 0. The van der Waals surface area contributed by atoms with E-state index in [0.29, 0.717) is 6.42 Å². The fourth-order valence-corrected chi connectivity index (χ4v) is 1.50. The van der Waals surface area contributed by atoms with Gasteiger partial charge < -0.3 is 0 Å². The molecule has 12 heavy (non-hydrogen) atoms. The fraction of sp³-hybridized carbons (Fsp3) is 0.778. The van der Waals surface area contributed by atoms with Gasteiger partial charge in [0.25, 0.3) is 0 Å². The molecule has 0 aliphatic heterocycles. The SMILES string of the molecule is CC/C(F)=C(\CC)[B-](C)(C)C.[K+]. The molecule has 0 amide bonds. The molecule has 0 fully saturated rings. The third-order valence-corrected chi connectivity index (χ3v) is 2.09. The van der Waals surface area contributed by atoms with E-state index in [2.05, 4.69) is 20.5 Å². The summed E-state index contributed by atoms with van der Waals surface area (Å²) in [6, 6.07) is 0. The number of hydrogen-bond donors (Lipinski definition) is 0. The molecule has 0 nitrogen and oxygen atoms in total. The van der Waals surface area contributed by atoms with E-state index >= 15 is 0 Å². The average molecular weight is 196 g/mol. The van der Waals surface area contributed by atoms with Crippen LogP contribution in [0.2, 0.25) is 20.5 Å². The van der Waals surface area contributed by atoms with Crippen LogP contribution >= 0.6 is 0 Å². The molecule has 0 aromatic carbocycles. The van der Waals surface area contributed by atoms with Gasteiger partial charge in [-0.15, -0.1) is 0 Å². The molecule has 0 spiro atoms. The zero-order valence-corrected chi connectivity index (χ0v) is 12.5. The number of rotatable bonds is 3. The summed E-state index contributed by atoms with van der Waals surface area (Å²) in [5.74, 6) is 0.0972. The van der Waals surface area contributed by atoms with Crippen LogP contribution < -0.4 is 51.4 Å². The standard InChI is InChI=1S/C9H19BF.K/c1-6-8(9(11)7-2)10(3,4)5;/h6-7H2,1-5H3;/q-1;+1/b9-8-;. The van der Waals surface area contributed by atoms with E-state index in [1.165, 1.54) is 0 Å². The topological polar surface area (TPSA) is 0 Å². The van der Waals surface area contributed by atoms with Crippen molar-refractivity contribution in [2.75, 3.05) is 0 Å².